The number of phenols is 1. The highest BCUT2D eigenvalue weighted by Gasteiger charge is 2.40. The smallest absolute Gasteiger partial charge is 0.303 e. The molecule has 1 fully saturated rings. The summed E-state index contributed by atoms with van der Waals surface area (Å²) >= 11 is 0.911. The summed E-state index contributed by atoms with van der Waals surface area (Å²) in [6, 6.07) is -1.40. The topological polar surface area (TPSA) is 385 Å². The Balaban J connectivity index is 2.67. The fourth-order valence-corrected chi connectivity index (χ4v) is 7.55. The Morgan fingerprint density at radius 3 is 1.98 bits per heavy atom. The molecule has 66 heavy (non-hydrogen) atoms. The number of carbonyl (C=O) groups is 11. The number of hydrogen-bond donors (Lipinski definition) is 12. The van der Waals surface area contributed by atoms with E-state index in [1.165, 1.54) is 31.2 Å². The SMILES string of the molecule is CC(C)C[C@@H]1NC(=O)[C@H](CCCC(=O)O)NC(=O)CSC[C@@H](C(N)=O)NC(=O)CCCCNC(=O)[C@H](CC(N)=O)NC(=O)[C@](C)(CCCC(=O)O)NC(=O)[C@H](Cc2ccc(O)cc2)NC1=O. The van der Waals surface area contributed by atoms with Gasteiger partial charge in [0.15, 0.2) is 0 Å². The first kappa shape index (κ1) is 55.7. The predicted octanol–water partition coefficient (Wildman–Crippen LogP) is -1.82. The van der Waals surface area contributed by atoms with Crippen LogP contribution >= 0.6 is 11.8 Å². The number of carboxylic acids is 2. The number of hydrogen-bond acceptors (Lipinski definition) is 13. The average Bonchev–Trinajstić information content (AvgIpc) is 3.21. The molecule has 0 aliphatic carbocycles. The van der Waals surface area contributed by atoms with Crippen molar-refractivity contribution in [2.24, 2.45) is 17.4 Å². The Hall–Kier alpha value is -6.46. The Labute approximate surface area is 385 Å². The number of carboxylic acid groups (broad SMARTS) is 2. The third-order valence-corrected chi connectivity index (χ3v) is 11.2. The fraction of sp³-hybridized carbons (Fsp3) is 0.595. The van der Waals surface area contributed by atoms with Crippen LogP contribution in [0.2, 0.25) is 0 Å². The summed E-state index contributed by atoms with van der Waals surface area (Å²) in [5, 5.41) is 46.4. The van der Waals surface area contributed by atoms with Gasteiger partial charge >= 0.3 is 11.9 Å². The van der Waals surface area contributed by atoms with Gasteiger partial charge in [-0.2, -0.15) is 0 Å². The molecule has 0 spiro atoms. The van der Waals surface area contributed by atoms with Crippen LogP contribution in [-0.4, -0.2) is 134 Å². The number of carbonyl (C=O) groups excluding carboxylic acids is 9. The van der Waals surface area contributed by atoms with Crippen LogP contribution in [0.3, 0.4) is 0 Å². The molecule has 24 heteroatoms. The highest BCUT2D eigenvalue weighted by atomic mass is 32.2. The molecule has 9 amide bonds. The van der Waals surface area contributed by atoms with Gasteiger partial charge in [-0.1, -0.05) is 26.0 Å². The number of rotatable bonds is 15. The van der Waals surface area contributed by atoms with Crippen molar-refractivity contribution in [3.05, 3.63) is 29.8 Å². The molecule has 0 radical (unpaired) electrons. The third kappa shape index (κ3) is 21.0. The Morgan fingerprint density at radius 2 is 1.38 bits per heavy atom. The Kier molecular flexibility index (Phi) is 23.4. The van der Waals surface area contributed by atoms with Crippen LogP contribution in [-0.2, 0) is 59.2 Å². The van der Waals surface area contributed by atoms with Gasteiger partial charge in [0.1, 0.15) is 41.5 Å². The third-order valence-electron chi connectivity index (χ3n) is 10.2. The van der Waals surface area contributed by atoms with E-state index in [1.807, 2.05) is 0 Å². The van der Waals surface area contributed by atoms with E-state index in [9.17, 15) is 68.1 Å². The number of nitrogens with one attached hydrogen (secondary N) is 7. The monoisotopic (exact) mass is 949 g/mol. The molecular formula is C42H63N9O14S. The Morgan fingerprint density at radius 1 is 0.758 bits per heavy atom. The number of aromatic hydroxyl groups is 1. The summed E-state index contributed by atoms with van der Waals surface area (Å²) in [7, 11) is 0. The van der Waals surface area contributed by atoms with E-state index < -0.39 is 114 Å². The minimum atomic E-state index is -1.99. The normalized spacial score (nSPS) is 23.9. The number of amides is 9. The van der Waals surface area contributed by atoms with Crippen molar-refractivity contribution in [3.63, 3.8) is 0 Å². The zero-order valence-corrected chi connectivity index (χ0v) is 38.1. The van der Waals surface area contributed by atoms with E-state index in [1.54, 1.807) is 13.8 Å². The van der Waals surface area contributed by atoms with Crippen molar-refractivity contribution in [1.82, 2.24) is 37.2 Å². The molecule has 0 bridgehead atoms. The summed E-state index contributed by atoms with van der Waals surface area (Å²) in [5.74, 6) is -10.9. The lowest BCUT2D eigenvalue weighted by molar-refractivity contribution is -0.139. The van der Waals surface area contributed by atoms with Gasteiger partial charge in [0.2, 0.25) is 53.2 Å². The summed E-state index contributed by atoms with van der Waals surface area (Å²) in [5.41, 5.74) is 9.34. The number of benzene rings is 1. The average molecular weight is 950 g/mol. The summed E-state index contributed by atoms with van der Waals surface area (Å²) in [6.07, 6.45) is -2.15. The maximum atomic E-state index is 14.4. The molecule has 6 atom stereocenters. The molecule has 23 nitrogen and oxygen atoms in total. The van der Waals surface area contributed by atoms with E-state index in [0.717, 1.165) is 11.8 Å². The zero-order valence-electron chi connectivity index (χ0n) is 37.3. The van der Waals surface area contributed by atoms with Crippen LogP contribution in [0.15, 0.2) is 24.3 Å². The molecular weight excluding hydrogens is 887 g/mol. The van der Waals surface area contributed by atoms with Crippen molar-refractivity contribution < 1.29 is 68.1 Å². The zero-order chi connectivity index (χ0) is 49.6. The maximum Gasteiger partial charge on any atom is 0.303 e. The van der Waals surface area contributed by atoms with Crippen molar-refractivity contribution in [3.8, 4) is 5.75 Å². The molecule has 1 heterocycles. The van der Waals surface area contributed by atoms with E-state index in [-0.39, 0.29) is 93.9 Å². The van der Waals surface area contributed by atoms with E-state index in [2.05, 4.69) is 37.2 Å². The summed E-state index contributed by atoms with van der Waals surface area (Å²) in [4.78, 5) is 143. The second-order valence-corrected chi connectivity index (χ2v) is 17.6. The van der Waals surface area contributed by atoms with Crippen LogP contribution < -0.4 is 48.7 Å². The molecule has 14 N–H and O–H groups in total. The molecule has 1 aliphatic heterocycles. The van der Waals surface area contributed by atoms with Crippen LogP contribution in [0.25, 0.3) is 0 Å². The molecule has 1 aromatic rings. The van der Waals surface area contributed by atoms with Gasteiger partial charge in [-0.15, -0.1) is 11.8 Å². The Bertz CT molecular complexity index is 1920. The van der Waals surface area contributed by atoms with Crippen molar-refractivity contribution >= 4 is 76.9 Å². The molecule has 2 rings (SSSR count). The second kappa shape index (κ2) is 27.8. The van der Waals surface area contributed by atoms with Gasteiger partial charge in [0, 0.05) is 38.0 Å². The van der Waals surface area contributed by atoms with Gasteiger partial charge in [-0.25, -0.2) is 0 Å². The predicted molar refractivity (Wildman–Crippen MR) is 238 cm³/mol. The lowest BCUT2D eigenvalue weighted by Gasteiger charge is -2.33. The number of phenolic OH excluding ortho intramolecular Hbond substituents is 1. The molecule has 366 valence electrons. The largest absolute Gasteiger partial charge is 0.508 e. The van der Waals surface area contributed by atoms with Crippen LogP contribution in [0.5, 0.6) is 5.75 Å². The van der Waals surface area contributed by atoms with E-state index in [4.69, 9.17) is 11.5 Å². The maximum absolute atomic E-state index is 14.4. The van der Waals surface area contributed by atoms with E-state index >= 15 is 0 Å². The van der Waals surface area contributed by atoms with Crippen molar-refractivity contribution in [2.45, 2.75) is 134 Å². The highest BCUT2D eigenvalue weighted by Crippen LogP contribution is 2.19. The van der Waals surface area contributed by atoms with Gasteiger partial charge in [0.25, 0.3) is 0 Å². The fourth-order valence-electron chi connectivity index (χ4n) is 6.68. The number of nitrogens with two attached hydrogens (primary N) is 2. The van der Waals surface area contributed by atoms with Gasteiger partial charge in [-0.3, -0.25) is 52.7 Å². The highest BCUT2D eigenvalue weighted by molar-refractivity contribution is 8.00. The lowest BCUT2D eigenvalue weighted by Crippen LogP contribution is -2.64. The summed E-state index contributed by atoms with van der Waals surface area (Å²) < 4.78 is 0. The quantitative estimate of drug-likeness (QED) is 0.0922. The molecule has 1 saturated heterocycles. The van der Waals surface area contributed by atoms with Gasteiger partial charge in [-0.05, 0) is 75.5 Å². The first-order valence-corrected chi connectivity index (χ1v) is 22.6. The summed E-state index contributed by atoms with van der Waals surface area (Å²) in [6.45, 7) is 4.70. The lowest BCUT2D eigenvalue weighted by atomic mass is 9.91. The first-order valence-electron chi connectivity index (χ1n) is 21.5. The molecule has 0 unspecified atom stereocenters. The molecule has 1 aliphatic rings. The number of primary amides is 2. The second-order valence-electron chi connectivity index (χ2n) is 16.6. The molecule has 0 saturated carbocycles. The minimum absolute atomic E-state index is 0.00435. The van der Waals surface area contributed by atoms with Crippen LogP contribution in [0.1, 0.15) is 97.0 Å². The van der Waals surface area contributed by atoms with Crippen LogP contribution in [0, 0.1) is 5.92 Å². The van der Waals surface area contributed by atoms with Crippen molar-refractivity contribution in [1.29, 1.82) is 0 Å². The van der Waals surface area contributed by atoms with Crippen LogP contribution in [0.4, 0.5) is 0 Å². The number of aliphatic carboxylic acids is 2. The van der Waals surface area contributed by atoms with Gasteiger partial charge in [0.05, 0.1) is 12.2 Å². The first-order chi connectivity index (χ1) is 31.0. The standard InChI is InChI=1S/C42H63N9O14S/c1-23(2)18-27-39(63)49-28(19-24-12-14-25(52)15-13-24)40(64)51-42(3,16-7-11-35(58)59)41(65)50-29(20-31(43)53)37(61)45-17-5-4-9-32(54)47-30(36(44)60)21-66-22-33(55)46-26(38(62)48-27)8-6-10-34(56)57/h12-15,23,26-30,52H,4-11,16-22H2,1-3H3,(H2,43,53)(H2,44,60)(H,45,61)(H,46,55)(H,47,54)(H,48,62)(H,49,63)(H,50,65)(H,51,64)(H,56,57)(H,58,59)/t26-,27-,28-,29-,30-,42-/m0/s1. The van der Waals surface area contributed by atoms with Gasteiger partial charge < -0.3 is 64.0 Å². The van der Waals surface area contributed by atoms with E-state index in [0.29, 0.717) is 5.56 Å². The number of thioether (sulfide) groups is 1. The molecule has 0 aromatic heterocycles. The minimum Gasteiger partial charge on any atom is -0.508 e. The van der Waals surface area contributed by atoms with Crippen molar-refractivity contribution in [2.75, 3.05) is 18.1 Å². The molecule has 1 aromatic carbocycles.